The van der Waals surface area contributed by atoms with Crippen LogP contribution in [0.3, 0.4) is 0 Å². The summed E-state index contributed by atoms with van der Waals surface area (Å²) in [7, 11) is 1.61. The first-order chi connectivity index (χ1) is 7.33. The molecule has 1 aliphatic heterocycles. The number of aliphatic hydroxyl groups is 1. The molecule has 2 rings (SSSR count). The van der Waals surface area contributed by atoms with Crippen LogP contribution in [0.15, 0.2) is 18.3 Å². The van der Waals surface area contributed by atoms with E-state index in [0.29, 0.717) is 11.8 Å². The number of nitrogens with zero attached hydrogens (tertiary/aromatic N) is 2. The lowest BCUT2D eigenvalue weighted by Gasteiger charge is -2.17. The molecule has 4 nitrogen and oxygen atoms in total. The third-order valence-electron chi connectivity index (χ3n) is 2.84. The van der Waals surface area contributed by atoms with Crippen LogP contribution in [-0.4, -0.2) is 36.9 Å². The summed E-state index contributed by atoms with van der Waals surface area (Å²) in [5.74, 6) is 1.05. The topological polar surface area (TPSA) is 45.6 Å². The zero-order valence-corrected chi connectivity index (χ0v) is 8.89. The second kappa shape index (κ2) is 4.49. The normalized spacial score (nSPS) is 20.7. The minimum Gasteiger partial charge on any atom is -0.481 e. The smallest absolute Gasteiger partial charge is 0.213 e. The van der Waals surface area contributed by atoms with E-state index < -0.39 is 0 Å². The Hall–Kier alpha value is -1.29. The van der Waals surface area contributed by atoms with Gasteiger partial charge in [-0.05, 0) is 12.5 Å². The zero-order valence-electron chi connectivity index (χ0n) is 8.89. The third kappa shape index (κ3) is 2.21. The summed E-state index contributed by atoms with van der Waals surface area (Å²) in [5.41, 5.74) is 1.10. The van der Waals surface area contributed by atoms with Crippen molar-refractivity contribution in [3.63, 3.8) is 0 Å². The molecule has 2 heterocycles. The maximum atomic E-state index is 9.05. The molecule has 0 bridgehead atoms. The summed E-state index contributed by atoms with van der Waals surface area (Å²) in [6.07, 6.45) is 2.88. The van der Waals surface area contributed by atoms with Crippen LogP contribution >= 0.6 is 0 Å². The van der Waals surface area contributed by atoms with Gasteiger partial charge in [0.05, 0.1) is 19.0 Å². The molecule has 1 atom stereocenters. The highest BCUT2D eigenvalue weighted by Gasteiger charge is 2.21. The summed E-state index contributed by atoms with van der Waals surface area (Å²) in [6.45, 7) is 2.20. The van der Waals surface area contributed by atoms with Crippen molar-refractivity contribution in [2.75, 3.05) is 31.7 Å². The van der Waals surface area contributed by atoms with Crippen LogP contribution in [0.5, 0.6) is 5.88 Å². The number of methoxy groups -OCH3 is 1. The average molecular weight is 208 g/mol. The van der Waals surface area contributed by atoms with Gasteiger partial charge in [-0.15, -0.1) is 0 Å². The highest BCUT2D eigenvalue weighted by atomic mass is 16.5. The Bertz CT molecular complexity index is 313. The van der Waals surface area contributed by atoms with Gasteiger partial charge in [-0.2, -0.15) is 0 Å². The molecule has 0 amide bonds. The lowest BCUT2D eigenvalue weighted by molar-refractivity contribution is 0.238. The maximum absolute atomic E-state index is 9.05. The third-order valence-corrected chi connectivity index (χ3v) is 2.84. The second-order valence-electron chi connectivity index (χ2n) is 3.84. The van der Waals surface area contributed by atoms with Crippen LogP contribution in [0.25, 0.3) is 0 Å². The van der Waals surface area contributed by atoms with Crippen molar-refractivity contribution >= 4 is 5.69 Å². The molecule has 82 valence electrons. The zero-order chi connectivity index (χ0) is 10.7. The molecule has 1 aromatic rings. The number of pyridine rings is 1. The van der Waals surface area contributed by atoms with E-state index >= 15 is 0 Å². The Balaban J connectivity index is 2.04. The summed E-state index contributed by atoms with van der Waals surface area (Å²) >= 11 is 0. The Morgan fingerprint density at radius 3 is 3.00 bits per heavy atom. The number of rotatable bonds is 3. The lowest BCUT2D eigenvalue weighted by atomic mass is 10.1. The maximum Gasteiger partial charge on any atom is 0.213 e. The number of aliphatic hydroxyl groups excluding tert-OH is 1. The summed E-state index contributed by atoms with van der Waals surface area (Å²) in [4.78, 5) is 6.41. The quantitative estimate of drug-likeness (QED) is 0.802. The highest BCUT2D eigenvalue weighted by Crippen LogP contribution is 2.23. The molecule has 1 aliphatic rings. The first-order valence-corrected chi connectivity index (χ1v) is 5.19. The fourth-order valence-electron chi connectivity index (χ4n) is 1.90. The fourth-order valence-corrected chi connectivity index (χ4v) is 1.90. The summed E-state index contributed by atoms with van der Waals surface area (Å²) < 4.78 is 5.00. The molecule has 15 heavy (non-hydrogen) atoms. The summed E-state index contributed by atoms with van der Waals surface area (Å²) in [5, 5.41) is 9.05. The van der Waals surface area contributed by atoms with E-state index in [1.54, 1.807) is 7.11 Å². The van der Waals surface area contributed by atoms with E-state index in [4.69, 9.17) is 9.84 Å². The molecule has 0 aromatic carbocycles. The molecule has 1 saturated heterocycles. The predicted molar refractivity (Wildman–Crippen MR) is 58.2 cm³/mol. The van der Waals surface area contributed by atoms with Gasteiger partial charge in [0, 0.05) is 31.7 Å². The van der Waals surface area contributed by atoms with Crippen molar-refractivity contribution in [3.05, 3.63) is 18.3 Å². The van der Waals surface area contributed by atoms with Gasteiger partial charge in [-0.25, -0.2) is 4.98 Å². The van der Waals surface area contributed by atoms with Crippen molar-refractivity contribution in [1.82, 2.24) is 4.98 Å². The lowest BCUT2D eigenvalue weighted by Crippen LogP contribution is -2.20. The van der Waals surface area contributed by atoms with Crippen molar-refractivity contribution in [2.24, 2.45) is 5.92 Å². The van der Waals surface area contributed by atoms with E-state index in [-0.39, 0.29) is 6.61 Å². The largest absolute Gasteiger partial charge is 0.481 e. The molecular formula is C11H16N2O2. The van der Waals surface area contributed by atoms with Crippen molar-refractivity contribution in [1.29, 1.82) is 0 Å². The van der Waals surface area contributed by atoms with E-state index in [1.165, 1.54) is 0 Å². The van der Waals surface area contributed by atoms with Gasteiger partial charge in [-0.1, -0.05) is 0 Å². The molecule has 1 fully saturated rings. The van der Waals surface area contributed by atoms with Gasteiger partial charge in [0.2, 0.25) is 5.88 Å². The number of hydrogen-bond acceptors (Lipinski definition) is 4. The molecular weight excluding hydrogens is 192 g/mol. The SMILES string of the molecule is COc1ccc(N2CCC(CO)C2)cn1. The Morgan fingerprint density at radius 1 is 1.60 bits per heavy atom. The number of anilines is 1. The molecule has 0 saturated carbocycles. The van der Waals surface area contributed by atoms with Crippen molar-refractivity contribution in [2.45, 2.75) is 6.42 Å². The van der Waals surface area contributed by atoms with Gasteiger partial charge in [0.25, 0.3) is 0 Å². The molecule has 1 N–H and O–H groups in total. The molecule has 0 aliphatic carbocycles. The van der Waals surface area contributed by atoms with E-state index in [1.807, 2.05) is 18.3 Å². The Labute approximate surface area is 89.5 Å². The van der Waals surface area contributed by atoms with Crippen LogP contribution in [0.1, 0.15) is 6.42 Å². The van der Waals surface area contributed by atoms with Gasteiger partial charge in [0.1, 0.15) is 0 Å². The number of ether oxygens (including phenoxy) is 1. The van der Waals surface area contributed by atoms with Crippen LogP contribution in [0.4, 0.5) is 5.69 Å². The molecule has 4 heteroatoms. The predicted octanol–water partition coefficient (Wildman–Crippen LogP) is 0.909. The minimum absolute atomic E-state index is 0.278. The number of aromatic nitrogens is 1. The van der Waals surface area contributed by atoms with Crippen LogP contribution in [0.2, 0.25) is 0 Å². The molecule has 1 unspecified atom stereocenters. The van der Waals surface area contributed by atoms with Crippen molar-refractivity contribution in [3.8, 4) is 5.88 Å². The number of hydrogen-bond donors (Lipinski definition) is 1. The Kier molecular flexibility index (Phi) is 3.06. The van der Waals surface area contributed by atoms with Crippen LogP contribution < -0.4 is 9.64 Å². The van der Waals surface area contributed by atoms with Gasteiger partial charge in [0.15, 0.2) is 0 Å². The minimum atomic E-state index is 0.278. The summed E-state index contributed by atoms with van der Waals surface area (Å²) in [6, 6.07) is 3.87. The first-order valence-electron chi connectivity index (χ1n) is 5.19. The molecule has 0 spiro atoms. The molecule has 0 radical (unpaired) electrons. The van der Waals surface area contributed by atoms with Gasteiger partial charge in [-0.3, -0.25) is 0 Å². The van der Waals surface area contributed by atoms with Crippen LogP contribution in [0, 0.1) is 5.92 Å². The first kappa shape index (κ1) is 10.2. The Morgan fingerprint density at radius 2 is 2.47 bits per heavy atom. The van der Waals surface area contributed by atoms with Gasteiger partial charge >= 0.3 is 0 Å². The molecule has 1 aromatic heterocycles. The van der Waals surface area contributed by atoms with E-state index in [2.05, 4.69) is 9.88 Å². The van der Waals surface area contributed by atoms with Crippen LogP contribution in [-0.2, 0) is 0 Å². The monoisotopic (exact) mass is 208 g/mol. The average Bonchev–Trinajstić information content (AvgIpc) is 2.78. The fraction of sp³-hybridized carbons (Fsp3) is 0.545. The van der Waals surface area contributed by atoms with E-state index in [9.17, 15) is 0 Å². The van der Waals surface area contributed by atoms with Gasteiger partial charge < -0.3 is 14.7 Å². The van der Waals surface area contributed by atoms with E-state index in [0.717, 1.165) is 25.2 Å². The highest BCUT2D eigenvalue weighted by molar-refractivity contribution is 5.46. The standard InChI is InChI=1S/C11H16N2O2/c1-15-11-3-2-10(6-12-11)13-5-4-9(7-13)8-14/h2-3,6,9,14H,4-5,7-8H2,1H3. The second-order valence-corrected chi connectivity index (χ2v) is 3.84. The van der Waals surface area contributed by atoms with Crippen molar-refractivity contribution < 1.29 is 9.84 Å².